The van der Waals surface area contributed by atoms with Gasteiger partial charge in [0, 0.05) is 5.97 Å². The topological polar surface area (TPSA) is 97.7 Å². The molecule has 0 radical (unpaired) electrons. The van der Waals surface area contributed by atoms with Crippen molar-refractivity contribution in [2.75, 3.05) is 0 Å². The first kappa shape index (κ1) is 17.2. The van der Waals surface area contributed by atoms with E-state index in [1.807, 2.05) is 0 Å². The molecule has 0 saturated heterocycles. The summed E-state index contributed by atoms with van der Waals surface area (Å²) in [5.74, 6) is -1.08. The van der Waals surface area contributed by atoms with Crippen molar-refractivity contribution < 1.29 is 53.8 Å². The monoisotopic (exact) mass is 240 g/mol. The summed E-state index contributed by atoms with van der Waals surface area (Å²) in [5.41, 5.74) is 0. The van der Waals surface area contributed by atoms with Gasteiger partial charge in [0.05, 0.1) is 5.30 Å². The van der Waals surface area contributed by atoms with E-state index in [4.69, 9.17) is 19.7 Å². The third-order valence-corrected chi connectivity index (χ3v) is 2.06. The fourth-order valence-corrected chi connectivity index (χ4v) is 1.18. The summed E-state index contributed by atoms with van der Waals surface area (Å²) < 4.78 is 10.5. The van der Waals surface area contributed by atoms with Gasteiger partial charge in [-0.05, 0) is 19.1 Å². The van der Waals surface area contributed by atoms with E-state index < -0.39 is 13.6 Å². The number of carboxylic acid groups (broad SMARTS) is 1. The third kappa shape index (κ3) is 10.1. The molecule has 0 unspecified atom stereocenters. The molecule has 1 aromatic rings. The molecular weight excluding hydrogens is 230 g/mol. The van der Waals surface area contributed by atoms with E-state index in [-0.39, 0.29) is 34.9 Å². The predicted molar refractivity (Wildman–Crippen MR) is 48.8 cm³/mol. The van der Waals surface area contributed by atoms with Crippen LogP contribution in [0.1, 0.15) is 6.92 Å². The van der Waals surface area contributed by atoms with Gasteiger partial charge in [0.1, 0.15) is 0 Å². The summed E-state index contributed by atoms with van der Waals surface area (Å²) in [6, 6.07) is 7.70. The summed E-state index contributed by atoms with van der Waals surface area (Å²) in [6.45, 7) is 0.972. The van der Waals surface area contributed by atoms with Gasteiger partial charge in [-0.2, -0.15) is 0 Å². The largest absolute Gasteiger partial charge is 1.00 e. The second kappa shape index (κ2) is 8.05. The second-order valence-electron chi connectivity index (χ2n) is 2.37. The van der Waals surface area contributed by atoms with Gasteiger partial charge in [0.2, 0.25) is 0 Å². The number of rotatable bonds is 1. The van der Waals surface area contributed by atoms with Crippen LogP contribution < -0.4 is 40.0 Å². The number of carboxylic acids is 1. The molecule has 5 nitrogen and oxygen atoms in total. The van der Waals surface area contributed by atoms with Gasteiger partial charge < -0.3 is 19.7 Å². The average Bonchev–Trinajstić information content (AvgIpc) is 2.03. The Morgan fingerprint density at radius 3 is 1.80 bits per heavy atom. The molecule has 15 heavy (non-hydrogen) atoms. The molecule has 78 valence electrons. The number of hydrogen-bond donors (Lipinski definition) is 2. The van der Waals surface area contributed by atoms with Crippen molar-refractivity contribution in [2.24, 2.45) is 0 Å². The maximum atomic E-state index is 10.5. The van der Waals surface area contributed by atoms with Crippen molar-refractivity contribution in [1.82, 2.24) is 0 Å². The van der Waals surface area contributed by atoms with Gasteiger partial charge in [0.15, 0.2) is 0 Å². The van der Waals surface area contributed by atoms with Crippen LogP contribution in [0.15, 0.2) is 30.3 Å². The molecule has 0 aliphatic carbocycles. The smallest absolute Gasteiger partial charge is 0.550 e. The summed E-state index contributed by atoms with van der Waals surface area (Å²) in [5, 5.41) is 8.95. The normalized spacial score (nSPS) is 9.27. The molecule has 0 amide bonds. The van der Waals surface area contributed by atoms with E-state index in [9.17, 15) is 4.57 Å². The fourth-order valence-electron chi connectivity index (χ4n) is 0.622. The SMILES string of the molecule is CC(=O)[O-].O=P(O)(O)c1ccccc1.[Na+]. The Bertz CT molecular complexity index is 330. The number of hydrogen-bond acceptors (Lipinski definition) is 3. The minimum atomic E-state index is -4.02. The Morgan fingerprint density at radius 1 is 1.27 bits per heavy atom. The quantitative estimate of drug-likeness (QED) is 0.388. The molecule has 1 aromatic carbocycles. The van der Waals surface area contributed by atoms with Crippen LogP contribution in [0.4, 0.5) is 0 Å². The number of benzene rings is 1. The van der Waals surface area contributed by atoms with E-state index in [2.05, 4.69) is 0 Å². The number of aliphatic carboxylic acids is 1. The standard InChI is InChI=1S/C6H7O3P.C2H4O2.Na/c7-10(8,9)6-4-2-1-3-5-6;1-2(3)4;/h1-5H,(H2,7,8,9);1H3,(H,3,4);/q;;+1/p-1. The summed E-state index contributed by atoms with van der Waals surface area (Å²) in [6.07, 6.45) is 0. The maximum Gasteiger partial charge on any atom is 1.00 e. The summed E-state index contributed by atoms with van der Waals surface area (Å²) in [4.78, 5) is 26.1. The Morgan fingerprint density at radius 2 is 1.60 bits per heavy atom. The molecule has 0 spiro atoms. The Kier molecular flexibility index (Phi) is 9.25. The zero-order valence-electron chi connectivity index (χ0n) is 8.45. The Balaban J connectivity index is 0. The van der Waals surface area contributed by atoms with Gasteiger partial charge in [0.25, 0.3) is 0 Å². The van der Waals surface area contributed by atoms with Crippen molar-refractivity contribution in [3.8, 4) is 0 Å². The molecule has 0 fully saturated rings. The number of carbonyl (C=O) groups is 1. The third-order valence-electron chi connectivity index (χ3n) is 1.09. The van der Waals surface area contributed by atoms with Crippen LogP contribution in [-0.4, -0.2) is 15.8 Å². The van der Waals surface area contributed by atoms with Crippen LogP contribution in [0.25, 0.3) is 0 Å². The zero-order chi connectivity index (χ0) is 11.2. The summed E-state index contributed by atoms with van der Waals surface area (Å²) >= 11 is 0. The Hall–Kier alpha value is -0.160. The van der Waals surface area contributed by atoms with Crippen molar-refractivity contribution >= 4 is 18.9 Å². The molecule has 0 aromatic heterocycles. The molecule has 7 heteroatoms. The van der Waals surface area contributed by atoms with E-state index in [1.54, 1.807) is 18.2 Å². The molecular formula is C8H10NaO5P. The zero-order valence-corrected chi connectivity index (χ0v) is 11.3. The second-order valence-corrected chi connectivity index (χ2v) is 3.98. The first-order chi connectivity index (χ1) is 6.34. The van der Waals surface area contributed by atoms with Crippen molar-refractivity contribution in [3.63, 3.8) is 0 Å². The molecule has 0 atom stereocenters. The van der Waals surface area contributed by atoms with Crippen LogP contribution in [0.5, 0.6) is 0 Å². The minimum absolute atomic E-state index is 0. The van der Waals surface area contributed by atoms with Gasteiger partial charge in [-0.3, -0.25) is 4.57 Å². The van der Waals surface area contributed by atoms with Crippen LogP contribution >= 0.6 is 7.60 Å². The molecule has 0 heterocycles. The first-order valence-corrected chi connectivity index (χ1v) is 5.24. The molecule has 2 N–H and O–H groups in total. The van der Waals surface area contributed by atoms with Crippen LogP contribution in [0.3, 0.4) is 0 Å². The summed E-state index contributed by atoms with van der Waals surface area (Å²) in [7, 11) is -4.02. The van der Waals surface area contributed by atoms with Crippen molar-refractivity contribution in [3.05, 3.63) is 30.3 Å². The molecule has 0 aliphatic heterocycles. The van der Waals surface area contributed by atoms with Crippen molar-refractivity contribution in [2.45, 2.75) is 6.92 Å². The van der Waals surface area contributed by atoms with E-state index in [0.29, 0.717) is 0 Å². The molecule has 1 rings (SSSR count). The van der Waals surface area contributed by atoms with Crippen LogP contribution in [-0.2, 0) is 9.36 Å². The van der Waals surface area contributed by atoms with Crippen LogP contribution in [0, 0.1) is 0 Å². The number of carbonyl (C=O) groups excluding carboxylic acids is 1. The molecule has 0 saturated carbocycles. The van der Waals surface area contributed by atoms with Gasteiger partial charge >= 0.3 is 37.2 Å². The minimum Gasteiger partial charge on any atom is -0.550 e. The molecule has 0 bridgehead atoms. The van der Waals surface area contributed by atoms with Gasteiger partial charge in [-0.1, -0.05) is 18.2 Å². The van der Waals surface area contributed by atoms with E-state index >= 15 is 0 Å². The Labute approximate surface area is 110 Å². The van der Waals surface area contributed by atoms with Gasteiger partial charge in [-0.25, -0.2) is 0 Å². The predicted octanol–water partition coefficient (Wildman–Crippen LogP) is -3.75. The van der Waals surface area contributed by atoms with E-state index in [1.165, 1.54) is 12.1 Å². The van der Waals surface area contributed by atoms with Gasteiger partial charge in [-0.15, -0.1) is 0 Å². The fraction of sp³-hybridized carbons (Fsp3) is 0.125. The average molecular weight is 240 g/mol. The van der Waals surface area contributed by atoms with E-state index in [0.717, 1.165) is 6.92 Å². The van der Waals surface area contributed by atoms with Crippen molar-refractivity contribution in [1.29, 1.82) is 0 Å². The maximum absolute atomic E-state index is 10.5. The van der Waals surface area contributed by atoms with Crippen LogP contribution in [0.2, 0.25) is 0 Å². The molecule has 0 aliphatic rings. The first-order valence-electron chi connectivity index (χ1n) is 3.63.